The molecule has 14 atom stereocenters. The summed E-state index contributed by atoms with van der Waals surface area (Å²) in [6.07, 6.45) is -6.45. The third-order valence-electron chi connectivity index (χ3n) is 18.1. The molecule has 13 N–H and O–H groups in total. The molecule has 5 heterocycles. The number of ketones is 3. The highest BCUT2D eigenvalue weighted by atomic mass is 32.2. The molecule has 1 aromatic heterocycles. The molecule has 0 radical (unpaired) electrons. The summed E-state index contributed by atoms with van der Waals surface area (Å²) < 4.78 is 15.1. The van der Waals surface area contributed by atoms with E-state index < -0.39 is 223 Å². The topological polar surface area (TPSA) is 455 Å². The second-order valence-electron chi connectivity index (χ2n) is 25.9. The maximum atomic E-state index is 15.1. The number of likely N-dealkylation sites (tertiary alicyclic amines) is 1. The lowest BCUT2D eigenvalue weighted by atomic mass is 9.85. The van der Waals surface area contributed by atoms with Gasteiger partial charge in [-0.15, -0.1) is 0 Å². The van der Waals surface area contributed by atoms with E-state index in [0.717, 1.165) is 9.80 Å². The molecule has 3 unspecified atom stereocenters. The number of nitrogens with one attached hydrogen (secondary N) is 9. The molecule has 0 spiro atoms. The fourth-order valence-corrected chi connectivity index (χ4v) is 13.6. The van der Waals surface area contributed by atoms with E-state index in [0.29, 0.717) is 17.7 Å². The van der Waals surface area contributed by atoms with Crippen molar-refractivity contribution in [3.63, 3.8) is 0 Å². The zero-order chi connectivity index (χ0) is 70.6. The second-order valence-corrected chi connectivity index (χ2v) is 27.3. The van der Waals surface area contributed by atoms with E-state index in [4.69, 9.17) is 0 Å². The quantitative estimate of drug-likeness (QED) is 0.0611. The van der Waals surface area contributed by atoms with E-state index in [2.05, 4.69) is 47.5 Å². The molecule has 30 nitrogen and oxygen atoms in total. The fraction of sp³-hybridized carbons (Fsp3) is 0.569. The third kappa shape index (κ3) is 19.0. The third-order valence-corrected chi connectivity index (χ3v) is 19.6. The van der Waals surface area contributed by atoms with Crippen LogP contribution < -0.4 is 42.5 Å². The van der Waals surface area contributed by atoms with E-state index >= 15 is 13.8 Å². The normalized spacial score (nSPS) is 25.3. The van der Waals surface area contributed by atoms with Gasteiger partial charge in [0.1, 0.15) is 22.9 Å². The highest BCUT2D eigenvalue weighted by molar-refractivity contribution is 7.85. The van der Waals surface area contributed by atoms with Gasteiger partial charge in [0.05, 0.1) is 78.0 Å². The number of carbonyl (C=O) groups excluding carboxylic acids is 14. The molecular formula is C65H87N11O19S. The number of anilines is 1. The van der Waals surface area contributed by atoms with Crippen molar-refractivity contribution in [3.8, 4) is 5.75 Å². The zero-order valence-corrected chi connectivity index (χ0v) is 55.5. The number of carbonyl (C=O) groups is 14. The average Bonchev–Trinajstić information content (AvgIpc) is 1.62. The van der Waals surface area contributed by atoms with Crippen LogP contribution in [-0.2, 0) is 90.9 Å². The van der Waals surface area contributed by atoms with Crippen LogP contribution in [0.15, 0.2) is 47.5 Å². The van der Waals surface area contributed by atoms with E-state index in [1.807, 2.05) is 0 Å². The number of hydrogen-bond acceptors (Lipinski definition) is 19. The molecule has 522 valence electrons. The Morgan fingerprint density at radius 3 is 2.10 bits per heavy atom. The van der Waals surface area contributed by atoms with Crippen molar-refractivity contribution >= 4 is 110 Å². The number of nitrogens with zero attached hydrogens (tertiary/aromatic N) is 2. The van der Waals surface area contributed by atoms with Gasteiger partial charge in [0.2, 0.25) is 65.0 Å². The van der Waals surface area contributed by atoms with Crippen LogP contribution >= 0.6 is 0 Å². The van der Waals surface area contributed by atoms with Crippen LogP contribution in [0.2, 0.25) is 0 Å². The van der Waals surface area contributed by atoms with Crippen LogP contribution in [0.5, 0.6) is 5.75 Å². The highest BCUT2D eigenvalue weighted by Gasteiger charge is 2.46. The van der Waals surface area contributed by atoms with Gasteiger partial charge in [-0.25, -0.2) is 0 Å². The number of aliphatic hydroxyl groups excluding tert-OH is 3. The van der Waals surface area contributed by atoms with Crippen molar-refractivity contribution in [1.82, 2.24) is 52.0 Å². The number of amides is 11. The Balaban J connectivity index is 1.16. The molecule has 2 fully saturated rings. The number of aliphatic hydroxyl groups is 3. The number of aromatic nitrogens is 1. The van der Waals surface area contributed by atoms with Gasteiger partial charge in [0.25, 0.3) is 0 Å². The van der Waals surface area contributed by atoms with Crippen LogP contribution in [0.25, 0.3) is 10.9 Å². The van der Waals surface area contributed by atoms with Gasteiger partial charge in [-0.3, -0.25) is 76.2 Å². The Hall–Kier alpha value is -8.81. The minimum atomic E-state index is -2.41. The number of Topliss-reactive ketones (excluding diaryl/α,β-unsaturated/α-hetero) is 3. The summed E-state index contributed by atoms with van der Waals surface area (Å²) >= 11 is 0. The van der Waals surface area contributed by atoms with Gasteiger partial charge in [-0.05, 0) is 53.6 Å². The van der Waals surface area contributed by atoms with E-state index in [9.17, 15) is 78.0 Å². The van der Waals surface area contributed by atoms with Crippen molar-refractivity contribution in [1.29, 1.82) is 0 Å². The number of rotatable bonds is 19. The Morgan fingerprint density at radius 2 is 1.46 bits per heavy atom. The van der Waals surface area contributed by atoms with Gasteiger partial charge >= 0.3 is 0 Å². The smallest absolute Gasteiger partial charge is 0.243 e. The minimum Gasteiger partial charge on any atom is -0.508 e. The van der Waals surface area contributed by atoms with Crippen molar-refractivity contribution in [3.05, 3.63) is 53.6 Å². The summed E-state index contributed by atoms with van der Waals surface area (Å²) in [5.74, 6) is -18.4. The Labute approximate surface area is 556 Å². The predicted molar refractivity (Wildman–Crippen MR) is 343 cm³/mol. The van der Waals surface area contributed by atoms with Gasteiger partial charge in [-0.1, -0.05) is 67.0 Å². The van der Waals surface area contributed by atoms with Gasteiger partial charge < -0.3 is 72.8 Å². The van der Waals surface area contributed by atoms with Crippen LogP contribution in [0.1, 0.15) is 111 Å². The number of phenols is 1. The number of aromatic hydroxyl groups is 1. The Kier molecular flexibility index (Phi) is 25.8. The molecular weight excluding hydrogens is 1270 g/mol. The molecule has 11 amide bonds. The van der Waals surface area contributed by atoms with Crippen molar-refractivity contribution < 1.29 is 91.8 Å². The average molecular weight is 1360 g/mol. The lowest BCUT2D eigenvalue weighted by Gasteiger charge is -2.32. The van der Waals surface area contributed by atoms with Crippen LogP contribution in [0.4, 0.5) is 5.69 Å². The first-order chi connectivity index (χ1) is 45.4. The van der Waals surface area contributed by atoms with Crippen LogP contribution in [-0.4, -0.2) is 203 Å². The number of phenolic OH excluding ortho intramolecular Hbond substituents is 1. The summed E-state index contributed by atoms with van der Waals surface area (Å²) in [5, 5.41) is 63.7. The highest BCUT2D eigenvalue weighted by Crippen LogP contribution is 2.33. The molecule has 7 rings (SSSR count). The van der Waals surface area contributed by atoms with Gasteiger partial charge in [0, 0.05) is 105 Å². The molecule has 4 aliphatic rings. The summed E-state index contributed by atoms with van der Waals surface area (Å²) in [6.45, 7) is 8.00. The number of hydrogen-bond donors (Lipinski definition) is 13. The first-order valence-corrected chi connectivity index (χ1v) is 33.5. The molecule has 31 heteroatoms. The predicted octanol–water partition coefficient (Wildman–Crippen LogP) is -1.45. The maximum absolute atomic E-state index is 15.1. The number of H-pyrrole nitrogens is 1. The SMILES string of the molecule is CC[C@H](C)[C@@H]1NC(=O)CNC(=O)[C@H]2CC(=O)[C@H]([C@@H](C)[C@@H](O)CO)NC(=O)[C@@H]3CC(O)CN3C(=O)[C@H](CC(=O)NCc3ccc(NC(=O)[C@H](C)CC(=O)[C@@H](NC(=O)CCN4C(=O)CC(C)C4=O)C(C)C)cc3)CC(=O)[C@H](CS(=O)c3[nH]c4cc(O)ccc4c3C2)NC(=O)CNC1=O. The van der Waals surface area contributed by atoms with E-state index in [-0.39, 0.29) is 77.3 Å². The van der Waals surface area contributed by atoms with E-state index in [1.54, 1.807) is 46.8 Å². The number of aromatic amines is 1. The summed E-state index contributed by atoms with van der Waals surface area (Å²) in [7, 11) is -2.41. The molecule has 2 aromatic carbocycles. The largest absolute Gasteiger partial charge is 0.508 e. The molecule has 2 saturated heterocycles. The molecule has 4 aliphatic heterocycles. The number of fused-ring (bicyclic) bond motifs is 5. The number of imide groups is 1. The van der Waals surface area contributed by atoms with Crippen molar-refractivity contribution in [2.45, 2.75) is 160 Å². The van der Waals surface area contributed by atoms with E-state index in [1.165, 1.54) is 44.2 Å². The first-order valence-electron chi connectivity index (χ1n) is 32.2. The Morgan fingerprint density at radius 1 is 0.781 bits per heavy atom. The molecule has 0 aliphatic carbocycles. The lowest BCUT2D eigenvalue weighted by Crippen LogP contribution is -2.56. The molecule has 96 heavy (non-hydrogen) atoms. The second kappa shape index (κ2) is 33.2. The molecule has 3 aromatic rings. The maximum Gasteiger partial charge on any atom is 0.243 e. The standard InChI is InChI=1S/C65H87N11O19S/c1-8-32(4)57-62(92)68-26-53(86)70-45-30-96(95)63-43(42-14-13-40(78)23-44(42)71-63)19-37(60(90)67-27-54(87)73-57)20-49(82)58(35(7)50(83)29-77)74-61(91)46-24-41(79)28-76(46)65(94)38(21-47(45)80)22-52(85)66-25-36-9-11-39(12-10-36)69-59(89)33(5)17-48(81)56(31(2)3)72-51(84)15-16-75-55(88)18-34(6)64(75)93/h9-14,23,31-35,37-38,41,45-46,50,56-58,71,77-79,83H,8,15-22,24-30H2,1-7H3,(H,66,85)(H,67,90)(H,68,92)(H,69,89)(H,70,86)(H,72,84)(H,73,87)(H,74,91)/t32-,33+,34?,35-,37+,38-,41?,45-,46-,50-,56-,57-,58-,96?/m0/s1. The fourth-order valence-electron chi connectivity index (χ4n) is 12.2. The van der Waals surface area contributed by atoms with Gasteiger partial charge in [0.15, 0.2) is 17.3 Å². The van der Waals surface area contributed by atoms with Crippen LogP contribution in [0.3, 0.4) is 0 Å². The Bertz CT molecular complexity index is 3520. The summed E-state index contributed by atoms with van der Waals surface area (Å²) in [5.41, 5.74) is 1.06. The van der Waals surface area contributed by atoms with Crippen molar-refractivity contribution in [2.24, 2.45) is 41.4 Å². The summed E-state index contributed by atoms with van der Waals surface area (Å²) in [6, 6.07) is 2.80. The summed E-state index contributed by atoms with van der Waals surface area (Å²) in [4.78, 5) is 199. The van der Waals surface area contributed by atoms with Gasteiger partial charge in [-0.2, -0.15) is 0 Å². The monoisotopic (exact) mass is 1360 g/mol. The lowest BCUT2D eigenvalue weighted by molar-refractivity contribution is -0.145. The van der Waals surface area contributed by atoms with Crippen molar-refractivity contribution in [2.75, 3.05) is 43.9 Å². The minimum absolute atomic E-state index is 0.0567. The number of benzene rings is 2. The molecule has 0 saturated carbocycles. The molecule has 2 bridgehead atoms. The van der Waals surface area contributed by atoms with Crippen LogP contribution in [0, 0.1) is 41.4 Å². The zero-order valence-electron chi connectivity index (χ0n) is 54.7. The first kappa shape index (κ1) is 74.6.